The van der Waals surface area contributed by atoms with E-state index in [9.17, 15) is 5.11 Å². The van der Waals surface area contributed by atoms with E-state index in [2.05, 4.69) is 22.8 Å². The van der Waals surface area contributed by atoms with Gasteiger partial charge in [0.05, 0.1) is 11.2 Å². The first-order valence-electron chi connectivity index (χ1n) is 8.72. The first-order chi connectivity index (χ1) is 10.6. The fraction of sp³-hybridized carbons (Fsp3) is 0.765. The number of aromatic nitrogens is 2. The zero-order chi connectivity index (χ0) is 15.3. The van der Waals surface area contributed by atoms with Crippen LogP contribution in [0.25, 0.3) is 0 Å². The van der Waals surface area contributed by atoms with Crippen molar-refractivity contribution in [3.63, 3.8) is 0 Å². The average Bonchev–Trinajstić information content (AvgIpc) is 2.90. The van der Waals surface area contributed by atoms with E-state index >= 15 is 0 Å². The predicted octanol–water partition coefficient (Wildman–Crippen LogP) is 3.88. The van der Waals surface area contributed by atoms with Crippen molar-refractivity contribution in [1.82, 2.24) is 8.96 Å². The molecule has 4 rings (SSSR count). The fourth-order valence-corrected chi connectivity index (χ4v) is 6.90. The zero-order valence-corrected chi connectivity index (χ0v) is 14.4. The molecule has 0 saturated heterocycles. The van der Waals surface area contributed by atoms with Crippen LogP contribution in [0.2, 0.25) is 0 Å². The first kappa shape index (κ1) is 14.8. The largest absolute Gasteiger partial charge is 0.382 e. The van der Waals surface area contributed by atoms with Gasteiger partial charge in [-0.1, -0.05) is 20.3 Å². The Morgan fingerprint density at radius 1 is 1.32 bits per heavy atom. The number of aliphatic hydroxyl groups excluding tert-OH is 1. The molecule has 5 heteroatoms. The Labute approximate surface area is 135 Å². The second kappa shape index (κ2) is 5.68. The minimum Gasteiger partial charge on any atom is -0.382 e. The number of hydrogen-bond acceptors (Lipinski definition) is 3. The minimum absolute atomic E-state index is 0.234. The summed E-state index contributed by atoms with van der Waals surface area (Å²) in [5.41, 5.74) is -0.234. The summed E-state index contributed by atoms with van der Waals surface area (Å²) in [4.78, 5) is 9.03. The van der Waals surface area contributed by atoms with E-state index in [1.54, 1.807) is 0 Å². The molecule has 1 aromatic rings. The van der Waals surface area contributed by atoms with Gasteiger partial charge in [-0.15, -0.1) is 11.1 Å². The van der Waals surface area contributed by atoms with Crippen molar-refractivity contribution in [2.75, 3.05) is 0 Å². The standard InChI is InChI=1S/C17H27N3OS/c1-11(2)7-12-3-4-14(8-12)17(21)22-16(13-5-6-13)19-15-9-18-10-20(15)22/h9-14,17,21-22H,3-8H2,1-2H3. The van der Waals surface area contributed by atoms with Gasteiger partial charge in [0.1, 0.15) is 11.8 Å². The second-order valence-electron chi connectivity index (χ2n) is 7.67. The molecular formula is C17H27N3OS. The van der Waals surface area contributed by atoms with Crippen LogP contribution in [0.15, 0.2) is 17.5 Å². The van der Waals surface area contributed by atoms with Gasteiger partial charge in [-0.2, -0.15) is 0 Å². The molecule has 2 saturated carbocycles. The molecule has 4 nitrogen and oxygen atoms in total. The number of aliphatic imine (C=N–C) groups is 1. The Morgan fingerprint density at radius 3 is 2.86 bits per heavy atom. The maximum absolute atomic E-state index is 11.1. The third-order valence-electron chi connectivity index (χ3n) is 5.30. The summed E-state index contributed by atoms with van der Waals surface area (Å²) >= 11 is -0.716. The number of hydrogen-bond donors (Lipinski definition) is 2. The van der Waals surface area contributed by atoms with Gasteiger partial charge < -0.3 is 5.11 Å². The Kier molecular flexibility index (Phi) is 3.81. The molecule has 0 radical (unpaired) electrons. The smallest absolute Gasteiger partial charge is 0.162 e. The molecule has 1 N–H and O–H groups in total. The molecule has 4 unspecified atom stereocenters. The minimum atomic E-state index is -0.716. The van der Waals surface area contributed by atoms with Gasteiger partial charge >= 0.3 is 0 Å². The molecule has 2 heterocycles. The Bertz CT molecular complexity index is 578. The Balaban J connectivity index is 1.50. The summed E-state index contributed by atoms with van der Waals surface area (Å²) in [5.74, 6) is 3.62. The maximum atomic E-state index is 11.1. The molecule has 2 fully saturated rings. The van der Waals surface area contributed by atoms with Crippen LogP contribution in [-0.4, -0.2) is 24.5 Å². The third kappa shape index (κ3) is 2.62. The highest BCUT2D eigenvalue weighted by Gasteiger charge is 2.42. The number of nitrogens with zero attached hydrogens (tertiary/aromatic N) is 3. The molecule has 2 aliphatic carbocycles. The lowest BCUT2D eigenvalue weighted by molar-refractivity contribution is 0.188. The van der Waals surface area contributed by atoms with Gasteiger partial charge in [-0.25, -0.2) is 9.98 Å². The molecule has 122 valence electrons. The van der Waals surface area contributed by atoms with Crippen molar-refractivity contribution in [3.8, 4) is 0 Å². The molecular weight excluding hydrogens is 294 g/mol. The third-order valence-corrected chi connectivity index (χ3v) is 7.93. The maximum Gasteiger partial charge on any atom is 0.162 e. The van der Waals surface area contributed by atoms with Gasteiger partial charge in [0.2, 0.25) is 0 Å². The lowest BCUT2D eigenvalue weighted by Gasteiger charge is -2.30. The number of fused-ring (bicyclic) bond motifs is 1. The van der Waals surface area contributed by atoms with Crippen LogP contribution in [0.3, 0.4) is 0 Å². The van der Waals surface area contributed by atoms with Crippen molar-refractivity contribution in [2.45, 2.75) is 57.8 Å². The van der Waals surface area contributed by atoms with Crippen LogP contribution in [0, 0.1) is 23.7 Å². The number of aliphatic hydroxyl groups is 1. The van der Waals surface area contributed by atoms with Crippen molar-refractivity contribution in [3.05, 3.63) is 12.5 Å². The summed E-state index contributed by atoms with van der Waals surface area (Å²) in [6, 6.07) is 0. The van der Waals surface area contributed by atoms with Crippen LogP contribution in [0.1, 0.15) is 52.4 Å². The van der Waals surface area contributed by atoms with E-state index in [0.717, 1.165) is 17.7 Å². The second-order valence-corrected chi connectivity index (χ2v) is 9.77. The van der Waals surface area contributed by atoms with E-state index in [4.69, 9.17) is 4.99 Å². The molecule has 0 bridgehead atoms. The molecule has 1 aromatic heterocycles. The van der Waals surface area contributed by atoms with E-state index in [0.29, 0.717) is 11.8 Å². The molecule has 22 heavy (non-hydrogen) atoms. The van der Waals surface area contributed by atoms with E-state index < -0.39 is 11.1 Å². The summed E-state index contributed by atoms with van der Waals surface area (Å²) in [7, 11) is 0. The van der Waals surface area contributed by atoms with E-state index in [1.807, 2.05) is 12.5 Å². The van der Waals surface area contributed by atoms with Gasteiger partial charge in [0.25, 0.3) is 0 Å². The lowest BCUT2D eigenvalue weighted by atomic mass is 9.95. The molecule has 1 aliphatic heterocycles. The van der Waals surface area contributed by atoms with Crippen molar-refractivity contribution < 1.29 is 5.11 Å². The topological polar surface area (TPSA) is 50.4 Å². The molecule has 4 atom stereocenters. The van der Waals surface area contributed by atoms with Crippen molar-refractivity contribution >= 4 is 21.9 Å². The monoisotopic (exact) mass is 321 g/mol. The normalized spacial score (nSPS) is 34.0. The number of rotatable bonds is 5. The number of thiol groups is 1. The SMILES string of the molecule is CC(C)CC1CCC(C(O)[SH]2C(C3CC3)=Nc3cncn32)C1. The van der Waals surface area contributed by atoms with E-state index in [1.165, 1.54) is 43.6 Å². The summed E-state index contributed by atoms with van der Waals surface area (Å²) in [6.45, 7) is 4.61. The van der Waals surface area contributed by atoms with Gasteiger partial charge in [-0.05, 0) is 49.9 Å². The van der Waals surface area contributed by atoms with Crippen LogP contribution >= 0.6 is 11.1 Å². The molecule has 0 amide bonds. The van der Waals surface area contributed by atoms with Gasteiger partial charge in [0.15, 0.2) is 5.82 Å². The zero-order valence-electron chi connectivity index (χ0n) is 13.5. The highest BCUT2D eigenvalue weighted by atomic mass is 32.2. The number of imidazole rings is 1. The quantitative estimate of drug-likeness (QED) is 0.809. The van der Waals surface area contributed by atoms with Crippen LogP contribution in [0.5, 0.6) is 0 Å². The van der Waals surface area contributed by atoms with Gasteiger partial charge in [0, 0.05) is 5.92 Å². The van der Waals surface area contributed by atoms with E-state index in [-0.39, 0.29) is 5.44 Å². The summed E-state index contributed by atoms with van der Waals surface area (Å²) in [5, 5.41) is 12.4. The average molecular weight is 321 g/mol. The summed E-state index contributed by atoms with van der Waals surface area (Å²) < 4.78 is 2.17. The Hall–Kier alpha value is -0.810. The van der Waals surface area contributed by atoms with Crippen LogP contribution in [-0.2, 0) is 0 Å². The Morgan fingerprint density at radius 2 is 2.14 bits per heavy atom. The summed E-state index contributed by atoms with van der Waals surface area (Å²) in [6.07, 6.45) is 11.2. The predicted molar refractivity (Wildman–Crippen MR) is 92.7 cm³/mol. The fourth-order valence-electron chi connectivity index (χ4n) is 4.15. The first-order valence-corrected chi connectivity index (χ1v) is 10.1. The van der Waals surface area contributed by atoms with Crippen molar-refractivity contribution in [2.24, 2.45) is 28.7 Å². The van der Waals surface area contributed by atoms with Crippen LogP contribution in [0.4, 0.5) is 5.82 Å². The van der Waals surface area contributed by atoms with Crippen molar-refractivity contribution in [1.29, 1.82) is 0 Å². The lowest BCUT2D eigenvalue weighted by Crippen LogP contribution is -2.24. The molecule has 0 spiro atoms. The highest BCUT2D eigenvalue weighted by molar-refractivity contribution is 8.29. The van der Waals surface area contributed by atoms with Crippen LogP contribution < -0.4 is 0 Å². The highest BCUT2D eigenvalue weighted by Crippen LogP contribution is 2.55. The molecule has 3 aliphatic rings. The van der Waals surface area contributed by atoms with Gasteiger partial charge in [-0.3, -0.25) is 3.97 Å². The molecule has 0 aromatic carbocycles.